The Morgan fingerprint density at radius 2 is 1.84 bits per heavy atom. The van der Waals surface area contributed by atoms with Gasteiger partial charge in [0.2, 0.25) is 6.79 Å². The Labute approximate surface area is 178 Å². The Balaban J connectivity index is 1.47. The van der Waals surface area contributed by atoms with E-state index in [2.05, 4.69) is 10.3 Å². The second kappa shape index (κ2) is 7.72. The highest BCUT2D eigenvalue weighted by Gasteiger charge is 2.16. The first-order chi connectivity index (χ1) is 15.1. The standard InChI is InChI=1S/C25H19FN2O3/c1-15-11-21(25(29)27-13-16-5-10-22-23(12-16)31-14-30-22)20-4-2-3-19(24(20)28-15)17-6-8-18(26)9-7-17/h2-12H,13-14H2,1H3,(H,27,29). The number of rotatable bonds is 4. The second-order valence-electron chi connectivity index (χ2n) is 7.39. The number of nitrogens with one attached hydrogen (secondary N) is 1. The number of hydrogen-bond acceptors (Lipinski definition) is 4. The molecule has 1 aliphatic rings. The maximum absolute atomic E-state index is 13.4. The van der Waals surface area contributed by atoms with E-state index < -0.39 is 0 Å². The molecule has 1 amide bonds. The van der Waals surface area contributed by atoms with Crippen LogP contribution in [0.25, 0.3) is 22.0 Å². The number of fused-ring (bicyclic) bond motifs is 2. The molecule has 6 heteroatoms. The molecule has 154 valence electrons. The van der Waals surface area contributed by atoms with Crippen molar-refractivity contribution in [3.63, 3.8) is 0 Å². The van der Waals surface area contributed by atoms with Gasteiger partial charge in [0.25, 0.3) is 5.91 Å². The van der Waals surface area contributed by atoms with Crippen molar-refractivity contribution < 1.29 is 18.7 Å². The molecule has 1 N–H and O–H groups in total. The number of aryl methyl sites for hydroxylation is 1. The predicted molar refractivity (Wildman–Crippen MR) is 116 cm³/mol. The van der Waals surface area contributed by atoms with Crippen molar-refractivity contribution in [2.75, 3.05) is 6.79 Å². The molecule has 0 bridgehead atoms. The molecule has 31 heavy (non-hydrogen) atoms. The van der Waals surface area contributed by atoms with Gasteiger partial charge in [0.05, 0.1) is 11.1 Å². The third-order valence-electron chi connectivity index (χ3n) is 5.26. The van der Waals surface area contributed by atoms with Crippen LogP contribution in [-0.2, 0) is 6.54 Å². The third kappa shape index (κ3) is 3.68. The molecule has 2 heterocycles. The molecule has 0 aliphatic carbocycles. The van der Waals surface area contributed by atoms with Gasteiger partial charge in [0.1, 0.15) is 5.82 Å². The number of nitrogens with zero attached hydrogens (tertiary/aromatic N) is 1. The SMILES string of the molecule is Cc1cc(C(=O)NCc2ccc3c(c2)OCO3)c2cccc(-c3ccc(F)cc3)c2n1. The fourth-order valence-electron chi connectivity index (χ4n) is 3.76. The van der Waals surface area contributed by atoms with E-state index in [9.17, 15) is 9.18 Å². The molecule has 0 fully saturated rings. The molecule has 0 saturated carbocycles. The zero-order valence-corrected chi connectivity index (χ0v) is 16.8. The Morgan fingerprint density at radius 3 is 2.68 bits per heavy atom. The van der Waals surface area contributed by atoms with E-state index in [0.717, 1.165) is 27.8 Å². The first kappa shape index (κ1) is 19.1. The van der Waals surface area contributed by atoms with Gasteiger partial charge in [-0.05, 0) is 48.4 Å². The fourth-order valence-corrected chi connectivity index (χ4v) is 3.76. The number of hydrogen-bond donors (Lipinski definition) is 1. The van der Waals surface area contributed by atoms with Crippen molar-refractivity contribution in [2.45, 2.75) is 13.5 Å². The molecule has 0 radical (unpaired) electrons. The molecule has 5 rings (SSSR count). The normalized spacial score (nSPS) is 12.2. The van der Waals surface area contributed by atoms with E-state index in [1.54, 1.807) is 18.2 Å². The van der Waals surface area contributed by atoms with E-state index in [1.807, 2.05) is 43.3 Å². The van der Waals surface area contributed by atoms with Gasteiger partial charge in [-0.1, -0.05) is 36.4 Å². The van der Waals surface area contributed by atoms with Crippen molar-refractivity contribution >= 4 is 16.8 Å². The Hall–Kier alpha value is -3.93. The monoisotopic (exact) mass is 414 g/mol. The van der Waals surface area contributed by atoms with Gasteiger partial charge < -0.3 is 14.8 Å². The summed E-state index contributed by atoms with van der Waals surface area (Å²) >= 11 is 0. The average molecular weight is 414 g/mol. The summed E-state index contributed by atoms with van der Waals surface area (Å²) in [5.74, 6) is 0.904. The van der Waals surface area contributed by atoms with Crippen LogP contribution >= 0.6 is 0 Å². The molecule has 3 aromatic carbocycles. The van der Waals surface area contributed by atoms with E-state index in [4.69, 9.17) is 9.47 Å². The summed E-state index contributed by atoms with van der Waals surface area (Å²) in [6.07, 6.45) is 0. The molecule has 0 spiro atoms. The number of aromatic nitrogens is 1. The number of carbonyl (C=O) groups is 1. The highest BCUT2D eigenvalue weighted by Crippen LogP contribution is 2.33. The van der Waals surface area contributed by atoms with Gasteiger partial charge >= 0.3 is 0 Å². The number of pyridine rings is 1. The maximum Gasteiger partial charge on any atom is 0.252 e. The lowest BCUT2D eigenvalue weighted by molar-refractivity contribution is 0.0952. The quantitative estimate of drug-likeness (QED) is 0.510. The highest BCUT2D eigenvalue weighted by atomic mass is 19.1. The Morgan fingerprint density at radius 1 is 1.03 bits per heavy atom. The summed E-state index contributed by atoms with van der Waals surface area (Å²) < 4.78 is 24.1. The lowest BCUT2D eigenvalue weighted by Crippen LogP contribution is -2.23. The molecule has 0 saturated heterocycles. The van der Waals surface area contributed by atoms with Gasteiger partial charge in [0.15, 0.2) is 11.5 Å². The molecular weight excluding hydrogens is 395 g/mol. The minimum absolute atomic E-state index is 0.190. The van der Waals surface area contributed by atoms with Crippen molar-refractivity contribution in [3.05, 3.63) is 89.4 Å². The minimum Gasteiger partial charge on any atom is -0.454 e. The lowest BCUT2D eigenvalue weighted by atomic mass is 9.98. The molecule has 5 nitrogen and oxygen atoms in total. The first-order valence-corrected chi connectivity index (χ1v) is 9.91. The zero-order valence-electron chi connectivity index (χ0n) is 16.8. The van der Waals surface area contributed by atoms with Crippen LogP contribution in [0.5, 0.6) is 11.5 Å². The van der Waals surface area contributed by atoms with Crippen molar-refractivity contribution in [1.29, 1.82) is 0 Å². The zero-order chi connectivity index (χ0) is 21.4. The van der Waals surface area contributed by atoms with Crippen LogP contribution in [0.15, 0.2) is 66.7 Å². The van der Waals surface area contributed by atoms with Gasteiger partial charge in [0, 0.05) is 23.2 Å². The summed E-state index contributed by atoms with van der Waals surface area (Å²) in [7, 11) is 0. The third-order valence-corrected chi connectivity index (χ3v) is 5.26. The number of amides is 1. The number of ether oxygens (including phenoxy) is 2. The number of halogens is 1. The van der Waals surface area contributed by atoms with Crippen LogP contribution in [0.4, 0.5) is 4.39 Å². The van der Waals surface area contributed by atoms with E-state index >= 15 is 0 Å². The largest absolute Gasteiger partial charge is 0.454 e. The van der Waals surface area contributed by atoms with Crippen LogP contribution in [0.3, 0.4) is 0 Å². The van der Waals surface area contributed by atoms with Gasteiger partial charge in [-0.3, -0.25) is 9.78 Å². The Kier molecular flexibility index (Phi) is 4.75. The summed E-state index contributed by atoms with van der Waals surface area (Å²) in [5.41, 5.74) is 4.60. The smallest absolute Gasteiger partial charge is 0.252 e. The Bertz CT molecular complexity index is 1300. The molecule has 4 aromatic rings. The minimum atomic E-state index is -0.295. The summed E-state index contributed by atoms with van der Waals surface area (Å²) in [6.45, 7) is 2.43. The molecule has 0 atom stereocenters. The second-order valence-corrected chi connectivity index (χ2v) is 7.39. The van der Waals surface area contributed by atoms with E-state index in [0.29, 0.717) is 29.1 Å². The summed E-state index contributed by atoms with van der Waals surface area (Å²) in [4.78, 5) is 17.7. The predicted octanol–water partition coefficient (Wildman–Crippen LogP) is 5.01. The maximum atomic E-state index is 13.4. The van der Waals surface area contributed by atoms with Crippen LogP contribution in [0.1, 0.15) is 21.6 Å². The molecule has 1 aliphatic heterocycles. The lowest BCUT2D eigenvalue weighted by Gasteiger charge is -2.12. The highest BCUT2D eigenvalue weighted by molar-refractivity contribution is 6.09. The van der Waals surface area contributed by atoms with Crippen molar-refractivity contribution in [3.8, 4) is 22.6 Å². The first-order valence-electron chi connectivity index (χ1n) is 9.91. The van der Waals surface area contributed by atoms with E-state index in [1.165, 1.54) is 12.1 Å². The summed E-state index contributed by atoms with van der Waals surface area (Å²) in [6, 6.07) is 19.3. The van der Waals surface area contributed by atoms with Crippen LogP contribution in [0, 0.1) is 12.7 Å². The van der Waals surface area contributed by atoms with Crippen LogP contribution in [0.2, 0.25) is 0 Å². The number of para-hydroxylation sites is 1. The van der Waals surface area contributed by atoms with Gasteiger partial charge in [-0.2, -0.15) is 0 Å². The van der Waals surface area contributed by atoms with Crippen molar-refractivity contribution in [2.24, 2.45) is 0 Å². The number of carbonyl (C=O) groups excluding carboxylic acids is 1. The fraction of sp³-hybridized carbons (Fsp3) is 0.120. The topological polar surface area (TPSA) is 60.5 Å². The molecular formula is C25H19FN2O3. The number of benzene rings is 3. The molecule has 0 unspecified atom stereocenters. The van der Waals surface area contributed by atoms with Crippen LogP contribution < -0.4 is 14.8 Å². The molecule has 1 aromatic heterocycles. The van der Waals surface area contributed by atoms with E-state index in [-0.39, 0.29) is 18.5 Å². The van der Waals surface area contributed by atoms with Gasteiger partial charge in [-0.15, -0.1) is 0 Å². The summed E-state index contributed by atoms with van der Waals surface area (Å²) in [5, 5.41) is 3.73. The van der Waals surface area contributed by atoms with Crippen LogP contribution in [-0.4, -0.2) is 17.7 Å². The van der Waals surface area contributed by atoms with Crippen molar-refractivity contribution in [1.82, 2.24) is 10.3 Å². The van der Waals surface area contributed by atoms with Gasteiger partial charge in [-0.25, -0.2) is 4.39 Å². The average Bonchev–Trinajstić information content (AvgIpc) is 3.25.